The number of hydrogen-bond acceptors (Lipinski definition) is 3. The Morgan fingerprint density at radius 2 is 2.21 bits per heavy atom. The van der Waals surface area contributed by atoms with Crippen LogP contribution in [0.4, 0.5) is 0 Å². The first-order chi connectivity index (χ1) is 6.47. The van der Waals surface area contributed by atoms with Crippen molar-refractivity contribution in [2.45, 2.75) is 33.2 Å². The standard InChI is InChI=1S/C11H17NOS/c1-5-12-11(3,4)10(13)9-6-8(2)14-7-9/h6-7,12H,5H2,1-4H3. The van der Waals surface area contributed by atoms with Crippen molar-refractivity contribution in [2.24, 2.45) is 0 Å². The van der Waals surface area contributed by atoms with Crippen LogP contribution in [0.25, 0.3) is 0 Å². The van der Waals surface area contributed by atoms with E-state index in [1.165, 1.54) is 4.88 Å². The smallest absolute Gasteiger partial charge is 0.183 e. The molecule has 0 spiro atoms. The van der Waals surface area contributed by atoms with Crippen molar-refractivity contribution < 1.29 is 4.79 Å². The van der Waals surface area contributed by atoms with Crippen LogP contribution in [0.1, 0.15) is 36.0 Å². The van der Waals surface area contributed by atoms with Gasteiger partial charge in [-0.05, 0) is 33.4 Å². The molecule has 0 aliphatic carbocycles. The zero-order valence-corrected chi connectivity index (χ0v) is 9.99. The van der Waals surface area contributed by atoms with Crippen LogP contribution in [0.2, 0.25) is 0 Å². The normalized spacial score (nSPS) is 11.7. The molecule has 0 amide bonds. The van der Waals surface area contributed by atoms with Crippen molar-refractivity contribution in [2.75, 3.05) is 6.54 Å². The monoisotopic (exact) mass is 211 g/mol. The van der Waals surface area contributed by atoms with Gasteiger partial charge < -0.3 is 5.32 Å². The van der Waals surface area contributed by atoms with Crippen LogP contribution in [0, 0.1) is 6.92 Å². The Balaban J connectivity index is 2.84. The van der Waals surface area contributed by atoms with Gasteiger partial charge in [0.2, 0.25) is 0 Å². The Labute approximate surface area is 89.3 Å². The van der Waals surface area contributed by atoms with E-state index in [9.17, 15) is 4.79 Å². The summed E-state index contributed by atoms with van der Waals surface area (Å²) >= 11 is 1.62. The van der Waals surface area contributed by atoms with Crippen molar-refractivity contribution in [1.29, 1.82) is 0 Å². The van der Waals surface area contributed by atoms with E-state index < -0.39 is 5.54 Å². The molecule has 0 unspecified atom stereocenters. The molecule has 0 bridgehead atoms. The topological polar surface area (TPSA) is 29.1 Å². The molecule has 0 aromatic carbocycles. The van der Waals surface area contributed by atoms with Crippen LogP contribution in [-0.2, 0) is 0 Å². The molecule has 1 aromatic rings. The van der Waals surface area contributed by atoms with E-state index >= 15 is 0 Å². The highest BCUT2D eigenvalue weighted by atomic mass is 32.1. The Morgan fingerprint density at radius 3 is 2.64 bits per heavy atom. The lowest BCUT2D eigenvalue weighted by atomic mass is 9.95. The first kappa shape index (κ1) is 11.4. The van der Waals surface area contributed by atoms with Crippen LogP contribution in [0.5, 0.6) is 0 Å². The largest absolute Gasteiger partial charge is 0.305 e. The average Bonchev–Trinajstić information content (AvgIpc) is 2.50. The highest BCUT2D eigenvalue weighted by Crippen LogP contribution is 2.18. The predicted molar refractivity (Wildman–Crippen MR) is 61.1 cm³/mol. The summed E-state index contributed by atoms with van der Waals surface area (Å²) in [5.74, 6) is 0.170. The quantitative estimate of drug-likeness (QED) is 0.776. The molecule has 0 saturated heterocycles. The predicted octanol–water partition coefficient (Wildman–Crippen LogP) is 2.63. The fraction of sp³-hybridized carbons (Fsp3) is 0.545. The number of nitrogens with one attached hydrogen (secondary N) is 1. The fourth-order valence-corrected chi connectivity index (χ4v) is 2.13. The maximum atomic E-state index is 12.0. The van der Waals surface area contributed by atoms with Crippen molar-refractivity contribution in [3.63, 3.8) is 0 Å². The third kappa shape index (κ3) is 2.42. The average molecular weight is 211 g/mol. The van der Waals surface area contributed by atoms with E-state index in [2.05, 4.69) is 5.32 Å². The lowest BCUT2D eigenvalue weighted by Crippen LogP contribution is -2.46. The Kier molecular flexibility index (Phi) is 3.45. The number of likely N-dealkylation sites (N-methyl/N-ethyl adjacent to an activating group) is 1. The Bertz CT molecular complexity index is 328. The minimum absolute atomic E-state index is 0.170. The SMILES string of the molecule is CCNC(C)(C)C(=O)c1csc(C)c1. The minimum Gasteiger partial charge on any atom is -0.305 e. The van der Waals surface area contributed by atoms with Gasteiger partial charge in [-0.1, -0.05) is 6.92 Å². The van der Waals surface area contributed by atoms with Gasteiger partial charge in [-0.15, -0.1) is 11.3 Å². The summed E-state index contributed by atoms with van der Waals surface area (Å²) < 4.78 is 0. The highest BCUT2D eigenvalue weighted by Gasteiger charge is 2.27. The molecule has 0 fully saturated rings. The first-order valence-corrected chi connectivity index (χ1v) is 5.70. The summed E-state index contributed by atoms with van der Waals surface area (Å²) in [5, 5.41) is 5.11. The van der Waals surface area contributed by atoms with Crippen molar-refractivity contribution >= 4 is 17.1 Å². The second-order valence-corrected chi connectivity index (χ2v) is 5.05. The molecular weight excluding hydrogens is 194 g/mol. The van der Waals surface area contributed by atoms with Gasteiger partial charge in [0.25, 0.3) is 0 Å². The maximum Gasteiger partial charge on any atom is 0.183 e. The van der Waals surface area contributed by atoms with Gasteiger partial charge in [-0.3, -0.25) is 4.79 Å². The second-order valence-electron chi connectivity index (χ2n) is 3.93. The molecule has 0 radical (unpaired) electrons. The number of carbonyl (C=O) groups is 1. The number of hydrogen-bond donors (Lipinski definition) is 1. The van der Waals surface area contributed by atoms with Gasteiger partial charge in [0.05, 0.1) is 5.54 Å². The summed E-state index contributed by atoms with van der Waals surface area (Å²) in [7, 11) is 0. The zero-order valence-electron chi connectivity index (χ0n) is 9.18. The third-order valence-corrected chi connectivity index (χ3v) is 3.04. The molecule has 14 heavy (non-hydrogen) atoms. The van der Waals surface area contributed by atoms with Crippen molar-refractivity contribution in [1.82, 2.24) is 5.32 Å². The molecule has 0 aliphatic rings. The fourth-order valence-electron chi connectivity index (χ4n) is 1.45. The second kappa shape index (κ2) is 4.24. The summed E-state index contributed by atoms with van der Waals surface area (Å²) in [5.41, 5.74) is 0.362. The number of thiophene rings is 1. The van der Waals surface area contributed by atoms with Crippen LogP contribution in [-0.4, -0.2) is 17.9 Å². The highest BCUT2D eigenvalue weighted by molar-refractivity contribution is 7.10. The molecule has 0 saturated carbocycles. The number of rotatable bonds is 4. The molecule has 2 nitrogen and oxygen atoms in total. The zero-order chi connectivity index (χ0) is 10.8. The molecule has 1 aromatic heterocycles. The Morgan fingerprint density at radius 1 is 1.57 bits per heavy atom. The van der Waals surface area contributed by atoms with E-state index in [4.69, 9.17) is 0 Å². The van der Waals surface area contributed by atoms with Crippen LogP contribution in [0.15, 0.2) is 11.4 Å². The Hall–Kier alpha value is -0.670. The molecular formula is C11H17NOS. The minimum atomic E-state index is -0.456. The van der Waals surface area contributed by atoms with Crippen LogP contribution >= 0.6 is 11.3 Å². The molecule has 0 atom stereocenters. The van der Waals surface area contributed by atoms with E-state index in [0.29, 0.717) is 0 Å². The summed E-state index contributed by atoms with van der Waals surface area (Å²) in [6, 6.07) is 1.95. The molecule has 78 valence electrons. The van der Waals surface area contributed by atoms with Crippen molar-refractivity contribution in [3.8, 4) is 0 Å². The molecule has 1 rings (SSSR count). The summed E-state index contributed by atoms with van der Waals surface area (Å²) in [6.45, 7) is 8.68. The molecule has 1 heterocycles. The number of Topliss-reactive ketones (excluding diaryl/α,β-unsaturated/α-hetero) is 1. The van der Waals surface area contributed by atoms with Gasteiger partial charge in [0, 0.05) is 15.8 Å². The maximum absolute atomic E-state index is 12.0. The summed E-state index contributed by atoms with van der Waals surface area (Å²) in [4.78, 5) is 13.2. The number of ketones is 1. The third-order valence-electron chi connectivity index (χ3n) is 2.18. The van der Waals surface area contributed by atoms with Gasteiger partial charge >= 0.3 is 0 Å². The number of aryl methyl sites for hydroxylation is 1. The lowest BCUT2D eigenvalue weighted by Gasteiger charge is -2.23. The van der Waals surface area contributed by atoms with Gasteiger partial charge in [0.15, 0.2) is 5.78 Å². The van der Waals surface area contributed by atoms with Crippen molar-refractivity contribution in [3.05, 3.63) is 21.9 Å². The molecule has 3 heteroatoms. The lowest BCUT2D eigenvalue weighted by molar-refractivity contribution is 0.0884. The summed E-state index contributed by atoms with van der Waals surface area (Å²) in [6.07, 6.45) is 0. The van der Waals surface area contributed by atoms with E-state index in [-0.39, 0.29) is 5.78 Å². The van der Waals surface area contributed by atoms with Crippen LogP contribution < -0.4 is 5.32 Å². The van der Waals surface area contributed by atoms with Crippen LogP contribution in [0.3, 0.4) is 0 Å². The van der Waals surface area contributed by atoms with Gasteiger partial charge in [0.1, 0.15) is 0 Å². The van der Waals surface area contributed by atoms with E-state index in [1.807, 2.05) is 39.1 Å². The van der Waals surface area contributed by atoms with E-state index in [0.717, 1.165) is 12.1 Å². The van der Waals surface area contributed by atoms with Gasteiger partial charge in [-0.25, -0.2) is 0 Å². The van der Waals surface area contributed by atoms with Gasteiger partial charge in [-0.2, -0.15) is 0 Å². The first-order valence-electron chi connectivity index (χ1n) is 4.82. The molecule has 0 aliphatic heterocycles. The number of carbonyl (C=O) groups excluding carboxylic acids is 1. The van der Waals surface area contributed by atoms with E-state index in [1.54, 1.807) is 11.3 Å². The molecule has 1 N–H and O–H groups in total.